The van der Waals surface area contributed by atoms with E-state index in [0.717, 1.165) is 11.3 Å². The first-order valence-electron chi connectivity index (χ1n) is 11.1. The number of hydrogen-bond acceptors (Lipinski definition) is 10. The van der Waals surface area contributed by atoms with Crippen molar-refractivity contribution in [3.8, 4) is 5.75 Å². The van der Waals surface area contributed by atoms with Gasteiger partial charge in [0.1, 0.15) is 18.8 Å². The van der Waals surface area contributed by atoms with Gasteiger partial charge in [0.2, 0.25) is 0 Å². The Kier molecular flexibility index (Phi) is 20.4. The van der Waals surface area contributed by atoms with Gasteiger partial charge in [-0.15, -0.1) is 5.06 Å². The Labute approximate surface area is 213 Å². The van der Waals surface area contributed by atoms with Crippen LogP contribution >= 0.6 is 0 Å². The first kappa shape index (κ1) is 34.1. The van der Waals surface area contributed by atoms with Crippen LogP contribution in [0.15, 0.2) is 70.4 Å². The molecule has 1 aromatic rings. The molecule has 198 valence electrons. The van der Waals surface area contributed by atoms with Crippen LogP contribution in [0, 0.1) is 6.92 Å². The molecule has 0 amide bonds. The summed E-state index contributed by atoms with van der Waals surface area (Å²) in [5, 5.41) is 14.9. The van der Waals surface area contributed by atoms with Crippen molar-refractivity contribution in [2.45, 2.75) is 40.0 Å². The molecule has 0 aromatic carbocycles. The fraction of sp³-hybridized carbons (Fsp3) is 0.346. The molecule has 0 radical (unpaired) electrons. The summed E-state index contributed by atoms with van der Waals surface area (Å²) in [6.45, 7) is 12.1. The molecule has 1 aliphatic carbocycles. The number of aromatic nitrogens is 1. The second-order valence-electron chi connectivity index (χ2n) is 6.88. The maximum atomic E-state index is 11.4. The zero-order valence-electron chi connectivity index (χ0n) is 22.0. The predicted molar refractivity (Wildman–Crippen MR) is 141 cm³/mol. The molecule has 0 spiro atoms. The SMILES string of the molecule is C=C(C=O)/C(CC1=CC=C(O)CC1)=C(\C=N/NC)Oc1ccc(C)nc1.C=O.CC.CN(C)OC=O. The molecule has 1 heterocycles. The maximum Gasteiger partial charge on any atom is 0.312 e. The fourth-order valence-electron chi connectivity index (χ4n) is 2.49. The number of carbonyl (C=O) groups is 3. The van der Waals surface area contributed by atoms with Crippen LogP contribution in [0.25, 0.3) is 0 Å². The van der Waals surface area contributed by atoms with E-state index in [0.29, 0.717) is 60.4 Å². The third kappa shape index (κ3) is 15.0. The van der Waals surface area contributed by atoms with Gasteiger partial charge in [-0.1, -0.05) is 32.1 Å². The highest BCUT2D eigenvalue weighted by molar-refractivity contribution is 5.86. The van der Waals surface area contributed by atoms with E-state index >= 15 is 0 Å². The number of hydrazone groups is 1. The predicted octanol–water partition coefficient (Wildman–Crippen LogP) is 4.01. The Morgan fingerprint density at radius 3 is 2.31 bits per heavy atom. The van der Waals surface area contributed by atoms with Crippen LogP contribution in [0.3, 0.4) is 0 Å². The molecule has 10 heteroatoms. The zero-order chi connectivity index (χ0) is 27.9. The number of carbonyl (C=O) groups excluding carboxylic acids is 3. The summed E-state index contributed by atoms with van der Waals surface area (Å²) < 4.78 is 5.94. The lowest BCUT2D eigenvalue weighted by atomic mass is 9.93. The van der Waals surface area contributed by atoms with Crippen LogP contribution in [0.1, 0.15) is 38.8 Å². The first-order chi connectivity index (χ1) is 17.3. The minimum absolute atomic E-state index is 0.322. The average molecular weight is 503 g/mol. The van der Waals surface area contributed by atoms with Crippen LogP contribution in [-0.4, -0.2) is 62.1 Å². The third-order valence-electron chi connectivity index (χ3n) is 4.12. The number of rotatable bonds is 10. The highest BCUT2D eigenvalue weighted by Gasteiger charge is 2.16. The van der Waals surface area contributed by atoms with Gasteiger partial charge in [0, 0.05) is 44.4 Å². The smallest absolute Gasteiger partial charge is 0.312 e. The Morgan fingerprint density at radius 2 is 1.89 bits per heavy atom. The molecule has 0 aliphatic heterocycles. The Hall–Kier alpha value is -4.05. The van der Waals surface area contributed by atoms with E-state index in [1.807, 2.05) is 39.7 Å². The quantitative estimate of drug-likeness (QED) is 0.122. The van der Waals surface area contributed by atoms with Crippen molar-refractivity contribution >= 4 is 25.8 Å². The van der Waals surface area contributed by atoms with Crippen LogP contribution < -0.4 is 10.2 Å². The highest BCUT2D eigenvalue weighted by atomic mass is 16.7. The first-order valence-corrected chi connectivity index (χ1v) is 11.1. The van der Waals surface area contributed by atoms with Gasteiger partial charge in [-0.3, -0.25) is 14.6 Å². The van der Waals surface area contributed by atoms with Gasteiger partial charge in [-0.2, -0.15) is 5.10 Å². The summed E-state index contributed by atoms with van der Waals surface area (Å²) in [4.78, 5) is 37.1. The van der Waals surface area contributed by atoms with Gasteiger partial charge < -0.3 is 24.9 Å². The average Bonchev–Trinajstić information content (AvgIpc) is 2.89. The minimum atomic E-state index is 0.322. The van der Waals surface area contributed by atoms with E-state index in [4.69, 9.17) is 9.53 Å². The molecule has 2 N–H and O–H groups in total. The van der Waals surface area contributed by atoms with Crippen molar-refractivity contribution in [3.05, 3.63) is 71.0 Å². The van der Waals surface area contributed by atoms with Crippen LogP contribution in [0.2, 0.25) is 0 Å². The molecular formula is C26H38N4O6. The number of hydroxylamine groups is 2. The summed E-state index contributed by atoms with van der Waals surface area (Å²) in [6, 6.07) is 3.64. The summed E-state index contributed by atoms with van der Waals surface area (Å²) in [5.74, 6) is 1.31. The van der Waals surface area contributed by atoms with E-state index < -0.39 is 0 Å². The number of aliphatic hydroxyl groups excluding tert-OH is 1. The number of allylic oxidation sites excluding steroid dienone is 7. The summed E-state index contributed by atoms with van der Waals surface area (Å²) >= 11 is 0. The number of aldehydes is 1. The van der Waals surface area contributed by atoms with E-state index in [9.17, 15) is 14.7 Å². The van der Waals surface area contributed by atoms with Crippen molar-refractivity contribution in [1.82, 2.24) is 15.5 Å². The van der Waals surface area contributed by atoms with Crippen molar-refractivity contribution in [2.75, 3.05) is 21.1 Å². The third-order valence-corrected chi connectivity index (χ3v) is 4.12. The molecule has 0 saturated carbocycles. The molecule has 2 rings (SSSR count). The zero-order valence-corrected chi connectivity index (χ0v) is 22.0. The molecule has 1 aliphatic rings. The lowest BCUT2D eigenvalue weighted by molar-refractivity contribution is -0.160. The molecule has 0 fully saturated rings. The van der Waals surface area contributed by atoms with Crippen LogP contribution in [0.5, 0.6) is 5.75 Å². The molecule has 36 heavy (non-hydrogen) atoms. The number of aliphatic hydroxyl groups is 1. The number of nitrogens with zero attached hydrogens (tertiary/aromatic N) is 3. The van der Waals surface area contributed by atoms with Gasteiger partial charge in [-0.05, 0) is 38.0 Å². The highest BCUT2D eigenvalue weighted by Crippen LogP contribution is 2.28. The topological polar surface area (TPSA) is 130 Å². The van der Waals surface area contributed by atoms with Crippen molar-refractivity contribution in [1.29, 1.82) is 0 Å². The second-order valence-corrected chi connectivity index (χ2v) is 6.88. The largest absolute Gasteiger partial charge is 0.512 e. The number of aryl methyl sites for hydroxylation is 1. The van der Waals surface area contributed by atoms with E-state index in [-0.39, 0.29) is 0 Å². The Bertz CT molecular complexity index is 919. The number of nitrogens with one attached hydrogen (secondary N) is 1. The number of ether oxygens (including phenoxy) is 1. The van der Waals surface area contributed by atoms with Gasteiger partial charge in [-0.25, -0.2) is 0 Å². The molecule has 0 bridgehead atoms. The van der Waals surface area contributed by atoms with Crippen LogP contribution in [0.4, 0.5) is 0 Å². The van der Waals surface area contributed by atoms with E-state index in [1.54, 1.807) is 39.5 Å². The molecule has 10 nitrogen and oxygen atoms in total. The Balaban J connectivity index is 0. The minimum Gasteiger partial charge on any atom is -0.512 e. The lowest BCUT2D eigenvalue weighted by Gasteiger charge is -2.16. The lowest BCUT2D eigenvalue weighted by Crippen LogP contribution is -2.10. The number of hydrogen-bond donors (Lipinski definition) is 2. The van der Waals surface area contributed by atoms with Gasteiger partial charge in [0.15, 0.2) is 5.76 Å². The van der Waals surface area contributed by atoms with Crippen molar-refractivity contribution in [2.24, 2.45) is 5.10 Å². The standard InChI is InChI=1S/C20H23N3O3.C3H7NO2.C2H6.CH2O/c1-14(13-24)19(10-16-5-7-17(25)8-6-16)20(12-23-21-3)26-18-9-4-15(2)22-11-18;1-4(2)6-3-5;2*1-2/h4-5,7,9,11-13,21,25H,1,6,8,10H2,2-3H3;3H,1-2H3;1-2H3;1H2/b20-19+,23-12-;;;. The number of pyridine rings is 1. The second kappa shape index (κ2) is 21.5. The fourth-order valence-corrected chi connectivity index (χ4v) is 2.49. The van der Waals surface area contributed by atoms with Crippen molar-refractivity contribution in [3.63, 3.8) is 0 Å². The normalized spacial score (nSPS) is 12.5. The molecule has 0 unspecified atom stereocenters. The monoisotopic (exact) mass is 502 g/mol. The van der Waals surface area contributed by atoms with E-state index in [1.165, 1.54) is 11.3 Å². The van der Waals surface area contributed by atoms with Gasteiger partial charge >= 0.3 is 6.47 Å². The summed E-state index contributed by atoms with van der Waals surface area (Å²) in [5.41, 5.74) is 5.59. The summed E-state index contributed by atoms with van der Waals surface area (Å²) in [6.07, 6.45) is 9.13. The van der Waals surface area contributed by atoms with Crippen LogP contribution in [-0.2, 0) is 19.2 Å². The summed E-state index contributed by atoms with van der Waals surface area (Å²) in [7, 11) is 4.94. The molecule has 0 saturated heterocycles. The molecular weight excluding hydrogens is 464 g/mol. The Morgan fingerprint density at radius 1 is 1.22 bits per heavy atom. The van der Waals surface area contributed by atoms with Crippen molar-refractivity contribution < 1.29 is 29.1 Å². The van der Waals surface area contributed by atoms with Gasteiger partial charge in [0.05, 0.1) is 18.2 Å². The molecule has 1 aromatic heterocycles. The van der Waals surface area contributed by atoms with Gasteiger partial charge in [0.25, 0.3) is 0 Å². The molecule has 0 atom stereocenters. The maximum absolute atomic E-state index is 11.4. The van der Waals surface area contributed by atoms with E-state index in [2.05, 4.69) is 26.9 Å².